The van der Waals surface area contributed by atoms with E-state index < -0.39 is 0 Å². The maximum absolute atomic E-state index is 8.96. The van der Waals surface area contributed by atoms with Gasteiger partial charge in [0.05, 0.1) is 17.7 Å². The van der Waals surface area contributed by atoms with Gasteiger partial charge in [-0.05, 0) is 37.3 Å². The van der Waals surface area contributed by atoms with Gasteiger partial charge in [-0.1, -0.05) is 25.1 Å². The molecule has 86 valence electrons. The Labute approximate surface area is 102 Å². The van der Waals surface area contributed by atoms with Crippen LogP contribution in [-0.2, 0) is 6.42 Å². The molecular weight excluding hydrogens is 208 g/mol. The summed E-state index contributed by atoms with van der Waals surface area (Å²) in [6.45, 7) is 6.03. The van der Waals surface area contributed by atoms with Crippen molar-refractivity contribution < 1.29 is 0 Å². The normalized spacial score (nSPS) is 12.4. The second kappa shape index (κ2) is 4.55. The minimum absolute atomic E-state index is 0.150. The van der Waals surface area contributed by atoms with Gasteiger partial charge in [0.25, 0.3) is 0 Å². The highest BCUT2D eigenvalue weighted by molar-refractivity contribution is 5.85. The lowest BCUT2D eigenvalue weighted by molar-refractivity contribution is 0.913. The standard InChI is InChI=1S/C15H16N2/c1-4-12-5-6-14-11(3)17-15(10(2)9-16)8-13(14)7-12/h5-8,10H,4H2,1-3H3. The first-order valence-electron chi connectivity index (χ1n) is 5.95. The summed E-state index contributed by atoms with van der Waals surface area (Å²) in [6, 6.07) is 10.7. The highest BCUT2D eigenvalue weighted by Crippen LogP contribution is 2.23. The monoisotopic (exact) mass is 224 g/mol. The zero-order chi connectivity index (χ0) is 12.4. The molecule has 0 radical (unpaired) electrons. The van der Waals surface area contributed by atoms with E-state index in [4.69, 9.17) is 5.26 Å². The van der Waals surface area contributed by atoms with E-state index in [1.54, 1.807) is 0 Å². The van der Waals surface area contributed by atoms with Gasteiger partial charge in [0.2, 0.25) is 0 Å². The molecule has 1 aromatic carbocycles. The van der Waals surface area contributed by atoms with E-state index in [9.17, 15) is 0 Å². The number of nitriles is 1. The molecule has 0 fully saturated rings. The molecule has 1 atom stereocenters. The molecule has 17 heavy (non-hydrogen) atoms. The summed E-state index contributed by atoms with van der Waals surface area (Å²) in [6.07, 6.45) is 1.03. The smallest absolute Gasteiger partial charge is 0.0857 e. The van der Waals surface area contributed by atoms with Crippen LogP contribution in [0.15, 0.2) is 24.3 Å². The highest BCUT2D eigenvalue weighted by Gasteiger charge is 2.09. The maximum Gasteiger partial charge on any atom is 0.0857 e. The Balaban J connectivity index is 2.66. The molecule has 0 aliphatic carbocycles. The lowest BCUT2D eigenvalue weighted by Crippen LogP contribution is -1.97. The number of aryl methyl sites for hydroxylation is 2. The van der Waals surface area contributed by atoms with Crippen molar-refractivity contribution in [1.29, 1.82) is 5.26 Å². The third-order valence-corrected chi connectivity index (χ3v) is 3.15. The largest absolute Gasteiger partial charge is 0.256 e. The van der Waals surface area contributed by atoms with Gasteiger partial charge in [-0.25, -0.2) is 0 Å². The predicted molar refractivity (Wildman–Crippen MR) is 69.9 cm³/mol. The quantitative estimate of drug-likeness (QED) is 0.779. The number of rotatable bonds is 2. The average molecular weight is 224 g/mol. The Morgan fingerprint density at radius 2 is 2.12 bits per heavy atom. The van der Waals surface area contributed by atoms with Crippen LogP contribution in [0.5, 0.6) is 0 Å². The summed E-state index contributed by atoms with van der Waals surface area (Å²) in [5, 5.41) is 11.3. The fourth-order valence-electron chi connectivity index (χ4n) is 2.01. The molecule has 2 nitrogen and oxygen atoms in total. The van der Waals surface area contributed by atoms with E-state index in [-0.39, 0.29) is 5.92 Å². The molecule has 1 heterocycles. The molecule has 2 aromatic rings. The minimum Gasteiger partial charge on any atom is -0.256 e. The van der Waals surface area contributed by atoms with Gasteiger partial charge in [-0.15, -0.1) is 0 Å². The van der Waals surface area contributed by atoms with Crippen LogP contribution in [0.1, 0.15) is 36.7 Å². The fourth-order valence-corrected chi connectivity index (χ4v) is 2.01. The Kier molecular flexibility index (Phi) is 3.10. The lowest BCUT2D eigenvalue weighted by Gasteiger charge is -2.08. The van der Waals surface area contributed by atoms with Crippen LogP contribution in [0.3, 0.4) is 0 Å². The minimum atomic E-state index is -0.150. The van der Waals surface area contributed by atoms with E-state index in [1.807, 2.05) is 19.9 Å². The van der Waals surface area contributed by atoms with Gasteiger partial charge in [0, 0.05) is 11.1 Å². The Hall–Kier alpha value is -1.88. The fraction of sp³-hybridized carbons (Fsp3) is 0.333. The van der Waals surface area contributed by atoms with Gasteiger partial charge in [-0.2, -0.15) is 5.26 Å². The molecular formula is C15H16N2. The first kappa shape index (κ1) is 11.6. The molecule has 2 rings (SSSR count). The second-order valence-corrected chi connectivity index (χ2v) is 4.39. The zero-order valence-electron chi connectivity index (χ0n) is 10.5. The van der Waals surface area contributed by atoms with Crippen LogP contribution >= 0.6 is 0 Å². The van der Waals surface area contributed by atoms with Crippen LogP contribution in [-0.4, -0.2) is 4.98 Å². The topological polar surface area (TPSA) is 36.7 Å². The van der Waals surface area contributed by atoms with E-state index in [2.05, 4.69) is 36.2 Å². The average Bonchev–Trinajstić information content (AvgIpc) is 2.36. The number of nitrogens with zero attached hydrogens (tertiary/aromatic N) is 2. The van der Waals surface area contributed by atoms with Crippen molar-refractivity contribution in [2.24, 2.45) is 0 Å². The first-order valence-corrected chi connectivity index (χ1v) is 5.95. The number of pyridine rings is 1. The number of fused-ring (bicyclic) bond motifs is 1. The van der Waals surface area contributed by atoms with Gasteiger partial charge >= 0.3 is 0 Å². The molecule has 0 aliphatic rings. The third-order valence-electron chi connectivity index (χ3n) is 3.15. The molecule has 0 spiro atoms. The summed E-state index contributed by atoms with van der Waals surface area (Å²) in [5.41, 5.74) is 3.19. The summed E-state index contributed by atoms with van der Waals surface area (Å²) in [4.78, 5) is 4.51. The molecule has 2 heteroatoms. The van der Waals surface area contributed by atoms with Crippen molar-refractivity contribution in [1.82, 2.24) is 4.98 Å². The van der Waals surface area contributed by atoms with Crippen LogP contribution < -0.4 is 0 Å². The van der Waals surface area contributed by atoms with Crippen molar-refractivity contribution >= 4 is 10.8 Å². The molecule has 0 N–H and O–H groups in total. The molecule has 1 aromatic heterocycles. The van der Waals surface area contributed by atoms with Gasteiger partial charge in [-0.3, -0.25) is 4.98 Å². The van der Waals surface area contributed by atoms with Crippen molar-refractivity contribution in [3.63, 3.8) is 0 Å². The van der Waals surface area contributed by atoms with Gasteiger partial charge in [0.1, 0.15) is 0 Å². The van der Waals surface area contributed by atoms with Crippen molar-refractivity contribution in [3.8, 4) is 6.07 Å². The van der Waals surface area contributed by atoms with Gasteiger partial charge < -0.3 is 0 Å². The summed E-state index contributed by atoms with van der Waals surface area (Å²) in [7, 11) is 0. The lowest BCUT2D eigenvalue weighted by atomic mass is 10.0. The Morgan fingerprint density at radius 3 is 2.76 bits per heavy atom. The van der Waals surface area contributed by atoms with Crippen LogP contribution in [0.2, 0.25) is 0 Å². The first-order chi connectivity index (χ1) is 8.15. The Bertz CT molecular complexity index is 594. The molecule has 0 saturated carbocycles. The number of aromatic nitrogens is 1. The number of hydrogen-bond acceptors (Lipinski definition) is 2. The summed E-state index contributed by atoms with van der Waals surface area (Å²) < 4.78 is 0. The molecule has 0 amide bonds. The van der Waals surface area contributed by atoms with Crippen LogP contribution in [0.4, 0.5) is 0 Å². The molecule has 0 aliphatic heterocycles. The van der Waals surface area contributed by atoms with Crippen LogP contribution in [0, 0.1) is 18.3 Å². The van der Waals surface area contributed by atoms with E-state index >= 15 is 0 Å². The third kappa shape index (κ3) is 2.14. The summed E-state index contributed by atoms with van der Waals surface area (Å²) in [5.74, 6) is -0.150. The summed E-state index contributed by atoms with van der Waals surface area (Å²) >= 11 is 0. The SMILES string of the molecule is CCc1ccc2c(C)nc(C(C)C#N)cc2c1. The van der Waals surface area contributed by atoms with E-state index in [0.29, 0.717) is 0 Å². The number of hydrogen-bond donors (Lipinski definition) is 0. The van der Waals surface area contributed by atoms with Crippen molar-refractivity contribution in [2.75, 3.05) is 0 Å². The van der Waals surface area contributed by atoms with Crippen LogP contribution in [0.25, 0.3) is 10.8 Å². The van der Waals surface area contributed by atoms with E-state index in [0.717, 1.165) is 17.8 Å². The van der Waals surface area contributed by atoms with Crippen molar-refractivity contribution in [2.45, 2.75) is 33.1 Å². The van der Waals surface area contributed by atoms with Crippen molar-refractivity contribution in [3.05, 3.63) is 41.2 Å². The molecule has 0 saturated heterocycles. The second-order valence-electron chi connectivity index (χ2n) is 4.39. The number of benzene rings is 1. The predicted octanol–water partition coefficient (Wildman–Crippen LogP) is 3.73. The maximum atomic E-state index is 8.96. The van der Waals surface area contributed by atoms with Gasteiger partial charge in [0.15, 0.2) is 0 Å². The van der Waals surface area contributed by atoms with E-state index in [1.165, 1.54) is 16.3 Å². The molecule has 1 unspecified atom stereocenters. The Morgan fingerprint density at radius 1 is 1.35 bits per heavy atom. The highest BCUT2D eigenvalue weighted by atomic mass is 14.7. The molecule has 0 bridgehead atoms. The zero-order valence-corrected chi connectivity index (χ0v) is 10.5.